The molecule has 0 aliphatic carbocycles. The molecule has 1 aliphatic heterocycles. The van der Waals surface area contributed by atoms with Gasteiger partial charge in [-0.2, -0.15) is 0 Å². The predicted octanol–water partition coefficient (Wildman–Crippen LogP) is 3.04. The molecule has 0 bridgehead atoms. The highest BCUT2D eigenvalue weighted by Crippen LogP contribution is 2.26. The van der Waals surface area contributed by atoms with Gasteiger partial charge in [0.1, 0.15) is 5.75 Å². The number of fused-ring (bicyclic) bond motifs is 1. The van der Waals surface area contributed by atoms with E-state index in [0.717, 1.165) is 30.0 Å². The normalized spacial score (nSPS) is 13.2. The molecule has 5 heteroatoms. The summed E-state index contributed by atoms with van der Waals surface area (Å²) in [5.41, 5.74) is 3.11. The standard InChI is InChI=1S/C15H14N2O2S/c1-10-9-20-15(16-10)17-14(18)5-3-11-2-4-13-12(8-11)6-7-19-13/h2-5,8-9H,6-7H2,1H3,(H,16,17,18)/b5-3+. The second-order valence-corrected chi connectivity index (χ2v) is 5.44. The average molecular weight is 286 g/mol. The highest BCUT2D eigenvalue weighted by molar-refractivity contribution is 7.13. The first-order valence-corrected chi connectivity index (χ1v) is 7.25. The number of nitrogens with one attached hydrogen (secondary N) is 1. The lowest BCUT2D eigenvalue weighted by molar-refractivity contribution is -0.111. The molecule has 1 N–H and O–H groups in total. The van der Waals surface area contributed by atoms with Crippen molar-refractivity contribution in [2.75, 3.05) is 11.9 Å². The van der Waals surface area contributed by atoms with Gasteiger partial charge >= 0.3 is 0 Å². The summed E-state index contributed by atoms with van der Waals surface area (Å²) in [7, 11) is 0. The van der Waals surface area contributed by atoms with Crippen LogP contribution in [0.4, 0.5) is 5.13 Å². The molecular formula is C15H14N2O2S. The Labute approximate surface area is 121 Å². The number of benzene rings is 1. The first-order chi connectivity index (χ1) is 9.70. The summed E-state index contributed by atoms with van der Waals surface area (Å²) in [6, 6.07) is 5.95. The number of aromatic nitrogens is 1. The minimum absolute atomic E-state index is 0.170. The van der Waals surface area contributed by atoms with Crippen LogP contribution in [-0.2, 0) is 11.2 Å². The molecule has 0 fully saturated rings. The number of thiazole rings is 1. The van der Waals surface area contributed by atoms with E-state index >= 15 is 0 Å². The van der Waals surface area contributed by atoms with E-state index in [0.29, 0.717) is 5.13 Å². The number of carbonyl (C=O) groups excluding carboxylic acids is 1. The fraction of sp³-hybridized carbons (Fsp3) is 0.200. The number of amides is 1. The Morgan fingerprint density at radius 2 is 2.40 bits per heavy atom. The van der Waals surface area contributed by atoms with Crippen molar-refractivity contribution in [3.8, 4) is 5.75 Å². The van der Waals surface area contributed by atoms with Crippen molar-refractivity contribution in [1.29, 1.82) is 0 Å². The lowest BCUT2D eigenvalue weighted by Gasteiger charge is -2.00. The fourth-order valence-corrected chi connectivity index (χ4v) is 2.73. The van der Waals surface area contributed by atoms with Crippen LogP contribution in [0.1, 0.15) is 16.8 Å². The van der Waals surface area contributed by atoms with Gasteiger partial charge in [0, 0.05) is 17.9 Å². The Bertz CT molecular complexity index is 676. The van der Waals surface area contributed by atoms with Gasteiger partial charge in [0.05, 0.1) is 12.3 Å². The molecule has 1 aromatic heterocycles. The number of carbonyl (C=O) groups is 1. The lowest BCUT2D eigenvalue weighted by atomic mass is 10.1. The molecule has 20 heavy (non-hydrogen) atoms. The molecule has 4 nitrogen and oxygen atoms in total. The summed E-state index contributed by atoms with van der Waals surface area (Å²) in [6.45, 7) is 2.64. The van der Waals surface area contributed by atoms with Crippen molar-refractivity contribution < 1.29 is 9.53 Å². The highest BCUT2D eigenvalue weighted by Gasteiger charge is 2.11. The van der Waals surface area contributed by atoms with Crippen LogP contribution < -0.4 is 10.1 Å². The van der Waals surface area contributed by atoms with Crippen molar-refractivity contribution in [2.45, 2.75) is 13.3 Å². The van der Waals surface area contributed by atoms with Crippen LogP contribution in [0.3, 0.4) is 0 Å². The van der Waals surface area contributed by atoms with Crippen LogP contribution in [-0.4, -0.2) is 17.5 Å². The number of nitrogens with zero attached hydrogens (tertiary/aromatic N) is 1. The van der Waals surface area contributed by atoms with E-state index in [2.05, 4.69) is 16.4 Å². The van der Waals surface area contributed by atoms with Crippen molar-refractivity contribution >= 4 is 28.5 Å². The number of rotatable bonds is 3. The van der Waals surface area contributed by atoms with Crippen LogP contribution in [0.5, 0.6) is 5.75 Å². The van der Waals surface area contributed by atoms with Gasteiger partial charge < -0.3 is 4.74 Å². The van der Waals surface area contributed by atoms with Gasteiger partial charge in [0.25, 0.3) is 0 Å². The molecule has 3 rings (SSSR count). The van der Waals surface area contributed by atoms with Crippen molar-refractivity contribution in [2.24, 2.45) is 0 Å². The number of aryl methyl sites for hydroxylation is 1. The van der Waals surface area contributed by atoms with Crippen LogP contribution in [0, 0.1) is 6.92 Å². The van der Waals surface area contributed by atoms with Gasteiger partial charge in [0.15, 0.2) is 5.13 Å². The van der Waals surface area contributed by atoms with E-state index in [4.69, 9.17) is 4.74 Å². The fourth-order valence-electron chi connectivity index (χ4n) is 2.04. The molecule has 2 heterocycles. The smallest absolute Gasteiger partial charge is 0.250 e. The molecule has 2 aromatic rings. The third-order valence-corrected chi connectivity index (χ3v) is 3.87. The van der Waals surface area contributed by atoms with Crippen LogP contribution in [0.25, 0.3) is 6.08 Å². The van der Waals surface area contributed by atoms with E-state index in [1.54, 1.807) is 6.08 Å². The number of ether oxygens (including phenoxy) is 1. The molecule has 0 unspecified atom stereocenters. The van der Waals surface area contributed by atoms with Crippen molar-refractivity contribution in [3.63, 3.8) is 0 Å². The van der Waals surface area contributed by atoms with Crippen LogP contribution >= 0.6 is 11.3 Å². The van der Waals surface area contributed by atoms with Crippen LogP contribution in [0.15, 0.2) is 29.7 Å². The largest absolute Gasteiger partial charge is 0.493 e. The minimum atomic E-state index is -0.170. The lowest BCUT2D eigenvalue weighted by Crippen LogP contribution is -2.07. The van der Waals surface area contributed by atoms with Gasteiger partial charge in [-0.05, 0) is 36.3 Å². The monoisotopic (exact) mass is 286 g/mol. The summed E-state index contributed by atoms with van der Waals surface area (Å²) in [5, 5.41) is 5.27. The molecule has 1 aliphatic rings. The van der Waals surface area contributed by atoms with E-state index in [1.807, 2.05) is 24.4 Å². The van der Waals surface area contributed by atoms with Gasteiger partial charge in [-0.15, -0.1) is 11.3 Å². The molecule has 1 amide bonds. The van der Waals surface area contributed by atoms with Gasteiger partial charge in [0.2, 0.25) is 5.91 Å². The highest BCUT2D eigenvalue weighted by atomic mass is 32.1. The molecule has 0 saturated carbocycles. The second-order valence-electron chi connectivity index (χ2n) is 4.58. The Kier molecular flexibility index (Phi) is 3.52. The summed E-state index contributed by atoms with van der Waals surface area (Å²) in [6.07, 6.45) is 4.25. The number of anilines is 1. The molecule has 1 aromatic carbocycles. The molecule has 0 radical (unpaired) electrons. The zero-order valence-electron chi connectivity index (χ0n) is 11.1. The zero-order chi connectivity index (χ0) is 13.9. The summed E-state index contributed by atoms with van der Waals surface area (Å²) in [5.74, 6) is 0.779. The van der Waals surface area contributed by atoms with Crippen molar-refractivity contribution in [1.82, 2.24) is 4.98 Å². The van der Waals surface area contributed by atoms with Crippen LogP contribution in [0.2, 0.25) is 0 Å². The topological polar surface area (TPSA) is 51.2 Å². The molecule has 0 atom stereocenters. The maximum atomic E-state index is 11.8. The predicted molar refractivity (Wildman–Crippen MR) is 80.2 cm³/mol. The molecule has 0 saturated heterocycles. The Hall–Kier alpha value is -2.14. The minimum Gasteiger partial charge on any atom is -0.493 e. The Morgan fingerprint density at radius 3 is 3.20 bits per heavy atom. The number of hydrogen-bond acceptors (Lipinski definition) is 4. The third kappa shape index (κ3) is 2.88. The summed E-state index contributed by atoms with van der Waals surface area (Å²) < 4.78 is 5.45. The van der Waals surface area contributed by atoms with Crippen molar-refractivity contribution in [3.05, 3.63) is 46.5 Å². The van der Waals surface area contributed by atoms with E-state index < -0.39 is 0 Å². The van der Waals surface area contributed by atoms with E-state index in [1.165, 1.54) is 23.0 Å². The molecule has 0 spiro atoms. The maximum absolute atomic E-state index is 11.8. The molecular weight excluding hydrogens is 272 g/mol. The molecule has 102 valence electrons. The van der Waals surface area contributed by atoms with Gasteiger partial charge in [-0.25, -0.2) is 4.98 Å². The van der Waals surface area contributed by atoms with Gasteiger partial charge in [-0.3, -0.25) is 10.1 Å². The quantitative estimate of drug-likeness (QED) is 0.882. The Morgan fingerprint density at radius 1 is 1.50 bits per heavy atom. The van der Waals surface area contributed by atoms with E-state index in [-0.39, 0.29) is 5.91 Å². The summed E-state index contributed by atoms with van der Waals surface area (Å²) >= 11 is 1.42. The Balaban J connectivity index is 1.66. The third-order valence-electron chi connectivity index (χ3n) is 2.99. The number of hydrogen-bond donors (Lipinski definition) is 1. The second kappa shape index (κ2) is 5.46. The zero-order valence-corrected chi connectivity index (χ0v) is 11.9. The first kappa shape index (κ1) is 12.9. The summed E-state index contributed by atoms with van der Waals surface area (Å²) in [4.78, 5) is 16.0. The average Bonchev–Trinajstić information content (AvgIpc) is 3.04. The first-order valence-electron chi connectivity index (χ1n) is 6.37. The van der Waals surface area contributed by atoms with Gasteiger partial charge in [-0.1, -0.05) is 6.07 Å². The maximum Gasteiger partial charge on any atom is 0.250 e. The van der Waals surface area contributed by atoms with E-state index in [9.17, 15) is 4.79 Å². The SMILES string of the molecule is Cc1csc(NC(=O)/C=C/c2ccc3c(c2)CCO3)n1.